The molecule has 0 saturated heterocycles. The molecule has 3 aliphatic rings. The quantitative estimate of drug-likeness (QED) is 0.470. The Labute approximate surface area is 84.3 Å². The summed E-state index contributed by atoms with van der Waals surface area (Å²) >= 11 is 0. The van der Waals surface area contributed by atoms with Gasteiger partial charge in [0.2, 0.25) is 0 Å². The zero-order valence-corrected chi connectivity index (χ0v) is 8.75. The molecule has 0 aliphatic heterocycles. The summed E-state index contributed by atoms with van der Waals surface area (Å²) in [6.45, 7) is 2.08. The van der Waals surface area contributed by atoms with Gasteiger partial charge in [0.05, 0.1) is 12.5 Å². The summed E-state index contributed by atoms with van der Waals surface area (Å²) < 4.78 is 4.94. The van der Waals surface area contributed by atoms with Crippen LogP contribution >= 0.6 is 0 Å². The molecule has 0 N–H and O–H groups in total. The third-order valence-electron chi connectivity index (χ3n) is 4.70. The fourth-order valence-electron chi connectivity index (χ4n) is 3.83. The molecule has 3 rings (SSSR count). The largest absolute Gasteiger partial charge is 0.469 e. The van der Waals surface area contributed by atoms with Gasteiger partial charge >= 0.3 is 5.97 Å². The van der Waals surface area contributed by atoms with Gasteiger partial charge in [-0.1, -0.05) is 12.2 Å². The van der Waals surface area contributed by atoms with Crippen molar-refractivity contribution in [1.29, 1.82) is 0 Å². The summed E-state index contributed by atoms with van der Waals surface area (Å²) in [5, 5.41) is 0. The molecule has 0 unspecified atom stereocenters. The molecule has 0 aromatic carbocycles. The fraction of sp³-hybridized carbons (Fsp3) is 0.750. The molecule has 0 aromatic heterocycles. The number of rotatable bonds is 1. The van der Waals surface area contributed by atoms with Crippen LogP contribution in [0, 0.1) is 22.7 Å². The number of carbonyl (C=O) groups is 1. The lowest BCUT2D eigenvalue weighted by Gasteiger charge is -2.29. The second kappa shape index (κ2) is 2.23. The van der Waals surface area contributed by atoms with Crippen LogP contribution in [0.5, 0.6) is 0 Å². The maximum Gasteiger partial charge on any atom is 0.312 e. The lowest BCUT2D eigenvalue weighted by molar-refractivity contribution is -0.153. The highest BCUT2D eigenvalue weighted by atomic mass is 16.5. The SMILES string of the molecule is COC(=O)[C@]1(C)C[C@@H]2C=C[C@H]1C21CC1. The molecule has 0 amide bonds. The van der Waals surface area contributed by atoms with Crippen LogP contribution < -0.4 is 0 Å². The monoisotopic (exact) mass is 192 g/mol. The van der Waals surface area contributed by atoms with Crippen LogP contribution in [0.3, 0.4) is 0 Å². The number of allylic oxidation sites excluding steroid dienone is 2. The topological polar surface area (TPSA) is 26.3 Å². The summed E-state index contributed by atoms with van der Waals surface area (Å²) in [7, 11) is 1.50. The van der Waals surface area contributed by atoms with Crippen LogP contribution in [0.1, 0.15) is 26.2 Å². The van der Waals surface area contributed by atoms with Gasteiger partial charge in [-0.3, -0.25) is 4.79 Å². The number of hydrogen-bond acceptors (Lipinski definition) is 2. The summed E-state index contributed by atoms with van der Waals surface area (Å²) in [6.07, 6.45) is 8.20. The molecule has 76 valence electrons. The van der Waals surface area contributed by atoms with Gasteiger partial charge in [-0.05, 0) is 43.4 Å². The first-order valence-electron chi connectivity index (χ1n) is 5.40. The molecule has 2 heteroatoms. The first-order chi connectivity index (χ1) is 6.63. The minimum atomic E-state index is -0.231. The Kier molecular flexibility index (Phi) is 1.36. The second-order valence-electron chi connectivity index (χ2n) is 5.32. The van der Waals surface area contributed by atoms with Gasteiger partial charge in [0.15, 0.2) is 0 Å². The van der Waals surface area contributed by atoms with Crippen molar-refractivity contribution in [3.8, 4) is 0 Å². The average molecular weight is 192 g/mol. The average Bonchev–Trinajstić information content (AvgIpc) is 2.84. The Bertz CT molecular complexity index is 327. The van der Waals surface area contributed by atoms with Crippen molar-refractivity contribution in [3.63, 3.8) is 0 Å². The zero-order chi connectivity index (χ0) is 9.97. The maximum absolute atomic E-state index is 11.8. The van der Waals surface area contributed by atoms with Crippen molar-refractivity contribution in [2.45, 2.75) is 26.2 Å². The van der Waals surface area contributed by atoms with Crippen LogP contribution in [0.4, 0.5) is 0 Å². The molecule has 3 atom stereocenters. The lowest BCUT2D eigenvalue weighted by atomic mass is 9.76. The highest BCUT2D eigenvalue weighted by molar-refractivity contribution is 5.78. The van der Waals surface area contributed by atoms with E-state index in [1.165, 1.54) is 20.0 Å². The van der Waals surface area contributed by atoms with Crippen molar-refractivity contribution in [2.24, 2.45) is 22.7 Å². The molecular formula is C12H16O2. The maximum atomic E-state index is 11.8. The molecule has 14 heavy (non-hydrogen) atoms. The van der Waals surface area contributed by atoms with E-state index in [4.69, 9.17) is 4.74 Å². The van der Waals surface area contributed by atoms with Crippen LogP contribution in [0.25, 0.3) is 0 Å². The van der Waals surface area contributed by atoms with Gasteiger partial charge in [0, 0.05) is 0 Å². The molecule has 2 fully saturated rings. The molecule has 0 aromatic rings. The summed E-state index contributed by atoms with van der Waals surface area (Å²) in [5.74, 6) is 1.09. The minimum absolute atomic E-state index is 0.0133. The van der Waals surface area contributed by atoms with Crippen LogP contribution in [-0.4, -0.2) is 13.1 Å². The van der Waals surface area contributed by atoms with Gasteiger partial charge in [-0.25, -0.2) is 0 Å². The van der Waals surface area contributed by atoms with Crippen LogP contribution in [-0.2, 0) is 9.53 Å². The van der Waals surface area contributed by atoms with Crippen molar-refractivity contribution in [3.05, 3.63) is 12.2 Å². The Hall–Kier alpha value is -0.790. The van der Waals surface area contributed by atoms with E-state index >= 15 is 0 Å². The molecule has 3 aliphatic carbocycles. The van der Waals surface area contributed by atoms with Crippen LogP contribution in [0.2, 0.25) is 0 Å². The van der Waals surface area contributed by atoms with Gasteiger partial charge in [0.1, 0.15) is 0 Å². The second-order valence-corrected chi connectivity index (χ2v) is 5.32. The molecule has 2 nitrogen and oxygen atoms in total. The number of carbonyl (C=O) groups excluding carboxylic acids is 1. The van der Waals surface area contributed by atoms with E-state index in [-0.39, 0.29) is 11.4 Å². The molecule has 2 saturated carbocycles. The number of ether oxygens (including phenoxy) is 1. The van der Waals surface area contributed by atoms with Crippen molar-refractivity contribution in [2.75, 3.05) is 7.11 Å². The zero-order valence-electron chi connectivity index (χ0n) is 8.75. The third-order valence-corrected chi connectivity index (χ3v) is 4.70. The predicted molar refractivity (Wildman–Crippen MR) is 52.5 cm³/mol. The van der Waals surface area contributed by atoms with E-state index in [0.29, 0.717) is 17.3 Å². The van der Waals surface area contributed by atoms with E-state index < -0.39 is 0 Å². The van der Waals surface area contributed by atoms with E-state index in [2.05, 4.69) is 19.1 Å². The molecule has 0 heterocycles. The first kappa shape index (κ1) is 8.51. The Morgan fingerprint density at radius 3 is 2.64 bits per heavy atom. The molecular weight excluding hydrogens is 176 g/mol. The summed E-state index contributed by atoms with van der Waals surface area (Å²) in [4.78, 5) is 11.8. The van der Waals surface area contributed by atoms with E-state index in [0.717, 1.165) is 6.42 Å². The first-order valence-corrected chi connectivity index (χ1v) is 5.40. The normalized spacial score (nSPS) is 45.9. The highest BCUT2D eigenvalue weighted by Gasteiger charge is 2.69. The molecule has 2 bridgehead atoms. The number of hydrogen-bond donors (Lipinski definition) is 0. The van der Waals surface area contributed by atoms with Gasteiger partial charge in [-0.15, -0.1) is 0 Å². The number of methoxy groups -OCH3 is 1. The number of esters is 1. The minimum Gasteiger partial charge on any atom is -0.469 e. The Morgan fingerprint density at radius 1 is 1.43 bits per heavy atom. The Balaban J connectivity index is 1.99. The van der Waals surface area contributed by atoms with Crippen molar-refractivity contribution < 1.29 is 9.53 Å². The third kappa shape index (κ3) is 0.723. The molecule has 1 spiro atoms. The predicted octanol–water partition coefficient (Wildman–Crippen LogP) is 2.15. The van der Waals surface area contributed by atoms with Crippen molar-refractivity contribution >= 4 is 5.97 Å². The van der Waals surface area contributed by atoms with Crippen LogP contribution in [0.15, 0.2) is 12.2 Å². The fourth-order valence-corrected chi connectivity index (χ4v) is 3.83. The lowest BCUT2D eigenvalue weighted by Crippen LogP contribution is -2.34. The van der Waals surface area contributed by atoms with Crippen molar-refractivity contribution in [1.82, 2.24) is 0 Å². The van der Waals surface area contributed by atoms with Gasteiger partial charge < -0.3 is 4.74 Å². The smallest absolute Gasteiger partial charge is 0.312 e. The van der Waals surface area contributed by atoms with Gasteiger partial charge in [0.25, 0.3) is 0 Å². The standard InChI is InChI=1S/C12H16O2/c1-11(10(13)14-2)7-8-3-4-9(11)12(8)5-6-12/h3-4,8-9H,5-7H2,1-2H3/t8-,9+,11+/m0/s1. The van der Waals surface area contributed by atoms with E-state index in [1.807, 2.05) is 0 Å². The van der Waals surface area contributed by atoms with Gasteiger partial charge in [-0.2, -0.15) is 0 Å². The molecule has 0 radical (unpaired) electrons. The summed E-state index contributed by atoms with van der Waals surface area (Å²) in [6, 6.07) is 0. The summed E-state index contributed by atoms with van der Waals surface area (Å²) in [5.41, 5.74) is 0.244. The highest BCUT2D eigenvalue weighted by Crippen LogP contribution is 2.73. The van der Waals surface area contributed by atoms with E-state index in [9.17, 15) is 4.79 Å². The van der Waals surface area contributed by atoms with E-state index in [1.54, 1.807) is 0 Å². The Morgan fingerprint density at radius 2 is 2.14 bits per heavy atom.